The number of esters is 3. The van der Waals surface area contributed by atoms with Crippen molar-refractivity contribution in [3.63, 3.8) is 0 Å². The van der Waals surface area contributed by atoms with Crippen LogP contribution >= 0.6 is 0 Å². The lowest BCUT2D eigenvalue weighted by molar-refractivity contribution is -0.167. The summed E-state index contributed by atoms with van der Waals surface area (Å²) in [6.45, 7) is 6.53. The Kier molecular flexibility index (Phi) is 68.6. The second kappa shape index (κ2) is 71.3. The maximum absolute atomic E-state index is 12.9. The fourth-order valence-electron chi connectivity index (χ4n) is 10.8. The van der Waals surface area contributed by atoms with Gasteiger partial charge in [0.05, 0.1) is 0 Å². The van der Waals surface area contributed by atoms with Gasteiger partial charge in [-0.05, 0) is 89.9 Å². The normalized spacial score (nSPS) is 12.5. The third kappa shape index (κ3) is 69.5. The summed E-state index contributed by atoms with van der Waals surface area (Å²) < 4.78 is 16.9. The first-order valence-corrected chi connectivity index (χ1v) is 36.4. The van der Waals surface area contributed by atoms with Gasteiger partial charge in [0.15, 0.2) is 6.10 Å². The predicted octanol–water partition coefficient (Wildman–Crippen LogP) is 25.2. The van der Waals surface area contributed by atoms with Crippen molar-refractivity contribution >= 4 is 17.9 Å². The summed E-state index contributed by atoms with van der Waals surface area (Å²) in [5.74, 6) is -0.856. The first-order valence-electron chi connectivity index (χ1n) is 36.4. The highest BCUT2D eigenvalue weighted by Crippen LogP contribution is 2.18. The average Bonchev–Trinajstić information content (AvgIpc) is 3.49. The predicted molar refractivity (Wildman–Crippen MR) is 362 cm³/mol. The molecule has 482 valence electrons. The minimum atomic E-state index is -0.771. The fraction of sp³-hybridized carbons (Fsp3) is 0.805. The summed E-state index contributed by atoms with van der Waals surface area (Å²) in [5.41, 5.74) is 0. The van der Waals surface area contributed by atoms with Crippen LogP contribution in [0.3, 0.4) is 0 Å². The van der Waals surface area contributed by atoms with Crippen LogP contribution in [0.5, 0.6) is 0 Å². The van der Waals surface area contributed by atoms with Crippen LogP contribution in [0.4, 0.5) is 0 Å². The molecule has 0 amide bonds. The van der Waals surface area contributed by atoms with E-state index in [2.05, 4.69) is 93.7 Å². The van der Waals surface area contributed by atoms with Crippen molar-refractivity contribution in [3.8, 4) is 0 Å². The van der Waals surface area contributed by atoms with Crippen LogP contribution in [0, 0.1) is 0 Å². The summed E-state index contributed by atoms with van der Waals surface area (Å²) in [6, 6.07) is 0. The highest BCUT2D eigenvalue weighted by atomic mass is 16.6. The molecule has 0 saturated carbocycles. The van der Waals surface area contributed by atoms with Crippen molar-refractivity contribution < 1.29 is 28.6 Å². The van der Waals surface area contributed by atoms with Crippen molar-refractivity contribution in [2.75, 3.05) is 13.2 Å². The zero-order valence-corrected chi connectivity index (χ0v) is 55.5. The second-order valence-corrected chi connectivity index (χ2v) is 24.5. The summed E-state index contributed by atoms with van der Waals surface area (Å²) in [6.07, 6.45) is 94.1. The molecule has 0 aromatic carbocycles. The Morgan fingerprint density at radius 1 is 0.253 bits per heavy atom. The van der Waals surface area contributed by atoms with Gasteiger partial charge in [0.25, 0.3) is 0 Å². The molecule has 6 nitrogen and oxygen atoms in total. The molecule has 0 aromatic heterocycles. The van der Waals surface area contributed by atoms with Crippen LogP contribution in [0.25, 0.3) is 0 Å². The maximum Gasteiger partial charge on any atom is 0.306 e. The lowest BCUT2D eigenvalue weighted by Gasteiger charge is -2.18. The molecule has 0 bridgehead atoms. The maximum atomic E-state index is 12.9. The third-order valence-corrected chi connectivity index (χ3v) is 16.2. The monoisotopic (exact) mass is 1160 g/mol. The van der Waals surface area contributed by atoms with E-state index in [4.69, 9.17) is 14.2 Å². The molecule has 0 N–H and O–H groups in total. The summed E-state index contributed by atoms with van der Waals surface area (Å²) in [4.78, 5) is 38.2. The zero-order valence-electron chi connectivity index (χ0n) is 55.5. The number of ether oxygens (including phenoxy) is 3. The van der Waals surface area contributed by atoms with E-state index >= 15 is 0 Å². The molecule has 0 aliphatic heterocycles. The van der Waals surface area contributed by atoms with Crippen molar-refractivity contribution in [1.29, 1.82) is 0 Å². The number of allylic oxidation sites excluding steroid dienone is 12. The largest absolute Gasteiger partial charge is 0.462 e. The van der Waals surface area contributed by atoms with Crippen LogP contribution in [-0.2, 0) is 28.6 Å². The van der Waals surface area contributed by atoms with E-state index in [0.29, 0.717) is 19.3 Å². The van der Waals surface area contributed by atoms with Gasteiger partial charge in [-0.25, -0.2) is 0 Å². The SMILES string of the molecule is CC/C=C\C/C=C\C/C=C\C/C=C\CCCCCCCCCCCCCCCCCCCCCCCCC(=O)OCC(COC(=O)CCCCCCCCC)OC(=O)CCCCCCCCCCCCC/C=C\C/C=C\CCCCCCC. The molecule has 0 aromatic rings. The van der Waals surface area contributed by atoms with E-state index < -0.39 is 6.10 Å². The van der Waals surface area contributed by atoms with E-state index in [9.17, 15) is 14.4 Å². The minimum Gasteiger partial charge on any atom is -0.462 e. The molecular formula is C77H138O6. The lowest BCUT2D eigenvalue weighted by atomic mass is 10.0. The molecule has 0 aliphatic carbocycles. The Hall–Kier alpha value is -3.15. The van der Waals surface area contributed by atoms with Crippen LogP contribution in [0.15, 0.2) is 72.9 Å². The molecule has 0 heterocycles. The van der Waals surface area contributed by atoms with E-state index in [1.165, 1.54) is 250 Å². The summed E-state index contributed by atoms with van der Waals surface area (Å²) in [5, 5.41) is 0. The minimum absolute atomic E-state index is 0.0700. The average molecular weight is 1160 g/mol. The second-order valence-electron chi connectivity index (χ2n) is 24.5. The van der Waals surface area contributed by atoms with Crippen LogP contribution in [-0.4, -0.2) is 37.2 Å². The van der Waals surface area contributed by atoms with Gasteiger partial charge in [-0.3, -0.25) is 14.4 Å². The van der Waals surface area contributed by atoms with E-state index in [1.54, 1.807) is 0 Å². The van der Waals surface area contributed by atoms with Crippen molar-refractivity contribution in [2.45, 2.75) is 386 Å². The number of hydrogen-bond acceptors (Lipinski definition) is 6. The Balaban J connectivity index is 3.97. The molecule has 0 rings (SSSR count). The van der Waals surface area contributed by atoms with Crippen LogP contribution in [0.2, 0.25) is 0 Å². The Labute approximate surface area is 516 Å². The Bertz CT molecular complexity index is 1520. The number of carbonyl (C=O) groups excluding carboxylic acids is 3. The molecule has 6 heteroatoms. The quantitative estimate of drug-likeness (QED) is 0.0261. The van der Waals surface area contributed by atoms with Crippen molar-refractivity contribution in [2.24, 2.45) is 0 Å². The molecule has 0 aliphatic rings. The highest BCUT2D eigenvalue weighted by Gasteiger charge is 2.19. The van der Waals surface area contributed by atoms with Gasteiger partial charge in [-0.2, -0.15) is 0 Å². The van der Waals surface area contributed by atoms with Gasteiger partial charge in [-0.1, -0.05) is 344 Å². The molecular weight excluding hydrogens is 1020 g/mol. The molecule has 0 fully saturated rings. The van der Waals surface area contributed by atoms with Crippen molar-refractivity contribution in [3.05, 3.63) is 72.9 Å². The fourth-order valence-corrected chi connectivity index (χ4v) is 10.8. The molecule has 0 radical (unpaired) electrons. The zero-order chi connectivity index (χ0) is 59.9. The number of hydrogen-bond donors (Lipinski definition) is 0. The highest BCUT2D eigenvalue weighted by molar-refractivity contribution is 5.71. The van der Waals surface area contributed by atoms with Crippen molar-refractivity contribution in [1.82, 2.24) is 0 Å². The molecule has 1 atom stereocenters. The molecule has 83 heavy (non-hydrogen) atoms. The Morgan fingerprint density at radius 2 is 0.470 bits per heavy atom. The van der Waals surface area contributed by atoms with Crippen LogP contribution in [0.1, 0.15) is 380 Å². The van der Waals surface area contributed by atoms with Gasteiger partial charge in [-0.15, -0.1) is 0 Å². The van der Waals surface area contributed by atoms with E-state index in [-0.39, 0.29) is 31.1 Å². The number of carbonyl (C=O) groups is 3. The van der Waals surface area contributed by atoms with E-state index in [1.807, 2.05) is 0 Å². The lowest BCUT2D eigenvalue weighted by Crippen LogP contribution is -2.30. The standard InChI is InChI=1S/C77H138O6/c1-4-7-10-13-16-18-20-22-24-26-28-30-32-33-34-35-36-37-38-39-40-41-42-43-45-46-48-50-52-54-56-58-61-64-67-70-76(79)82-73-74(72-81-75(78)69-66-63-60-15-12-9-6-3)83-77(80)71-68-65-62-59-57-55-53-51-49-47-44-31-29-27-25-23-21-19-17-14-11-8-5-2/h7,10,16,18,21-24,27-30,74H,4-6,8-9,11-15,17,19-20,25-26,31-73H2,1-3H3/b10-7-,18-16-,23-21-,24-22-,29-27-,30-28-. The first-order chi connectivity index (χ1) is 41.0. The third-order valence-electron chi connectivity index (χ3n) is 16.2. The number of unbranched alkanes of at least 4 members (excludes halogenated alkanes) is 44. The number of rotatable bonds is 67. The molecule has 0 spiro atoms. The smallest absolute Gasteiger partial charge is 0.306 e. The molecule has 1 unspecified atom stereocenters. The Morgan fingerprint density at radius 3 is 0.735 bits per heavy atom. The summed E-state index contributed by atoms with van der Waals surface area (Å²) >= 11 is 0. The van der Waals surface area contributed by atoms with Gasteiger partial charge >= 0.3 is 17.9 Å². The molecule has 0 saturated heterocycles. The first kappa shape index (κ1) is 79.8. The van der Waals surface area contributed by atoms with E-state index in [0.717, 1.165) is 89.9 Å². The van der Waals surface area contributed by atoms with Crippen LogP contribution < -0.4 is 0 Å². The summed E-state index contributed by atoms with van der Waals surface area (Å²) in [7, 11) is 0. The van der Waals surface area contributed by atoms with Gasteiger partial charge in [0, 0.05) is 19.3 Å². The van der Waals surface area contributed by atoms with Gasteiger partial charge in [0.2, 0.25) is 0 Å². The van der Waals surface area contributed by atoms with Gasteiger partial charge in [0.1, 0.15) is 13.2 Å². The van der Waals surface area contributed by atoms with Gasteiger partial charge < -0.3 is 14.2 Å². The topological polar surface area (TPSA) is 78.9 Å².